The smallest absolute Gasteiger partial charge is 0.224 e. The average molecular weight is 211 g/mol. The number of rotatable bonds is 2. The Morgan fingerprint density at radius 1 is 1.33 bits per heavy atom. The van der Waals surface area contributed by atoms with E-state index in [1.807, 2.05) is 0 Å². The monoisotopic (exact) mass is 210 g/mol. The molecule has 1 aromatic rings. The Balaban J connectivity index is 3.09. The summed E-state index contributed by atoms with van der Waals surface area (Å²) >= 11 is 10.8. The minimum absolute atomic E-state index is 0.0301. The van der Waals surface area contributed by atoms with Crippen molar-refractivity contribution in [3.63, 3.8) is 0 Å². The molecule has 0 fully saturated rings. The molecular weight excluding hydrogens is 206 g/mol. The molecule has 6 heteroatoms. The first-order valence-corrected chi connectivity index (χ1v) is 3.89. The molecule has 0 spiro atoms. The van der Waals surface area contributed by atoms with E-state index in [0.717, 1.165) is 0 Å². The van der Waals surface area contributed by atoms with Gasteiger partial charge in [0.05, 0.1) is 5.69 Å². The van der Waals surface area contributed by atoms with Crippen LogP contribution in [0.5, 0.6) is 0 Å². The lowest BCUT2D eigenvalue weighted by molar-refractivity contribution is 0.296. The summed E-state index contributed by atoms with van der Waals surface area (Å²) in [5.74, 6) is -0.727. The zero-order valence-corrected chi connectivity index (χ0v) is 7.40. The maximum absolute atomic E-state index is 12.9. The Labute approximate surface area is 78.2 Å². The van der Waals surface area contributed by atoms with Gasteiger partial charge < -0.3 is 5.11 Å². The van der Waals surface area contributed by atoms with E-state index >= 15 is 0 Å². The van der Waals surface area contributed by atoms with Gasteiger partial charge in [-0.15, -0.1) is 0 Å². The molecule has 0 aliphatic rings. The van der Waals surface area contributed by atoms with Crippen molar-refractivity contribution in [2.24, 2.45) is 0 Å². The first-order chi connectivity index (χ1) is 5.65. The van der Waals surface area contributed by atoms with Crippen LogP contribution in [0.1, 0.15) is 5.69 Å². The van der Waals surface area contributed by atoms with Gasteiger partial charge in [0.25, 0.3) is 0 Å². The van der Waals surface area contributed by atoms with Crippen LogP contribution < -0.4 is 0 Å². The van der Waals surface area contributed by atoms with E-state index in [1.165, 1.54) is 0 Å². The predicted octanol–water partition coefficient (Wildman–Crippen LogP) is 1.46. The van der Waals surface area contributed by atoms with E-state index in [2.05, 4.69) is 9.97 Å². The number of aliphatic hydroxyl groups is 1. The Hall–Kier alpha value is -0.450. The molecule has 12 heavy (non-hydrogen) atoms. The molecule has 0 saturated heterocycles. The summed E-state index contributed by atoms with van der Waals surface area (Å²) in [4.78, 5) is 6.94. The molecule has 1 rings (SSSR count). The number of hydrogen-bond acceptors (Lipinski definition) is 3. The molecule has 3 nitrogen and oxygen atoms in total. The van der Waals surface area contributed by atoms with E-state index in [0.29, 0.717) is 0 Å². The van der Waals surface area contributed by atoms with Gasteiger partial charge in [0.1, 0.15) is 0 Å². The molecule has 0 atom stereocenters. The summed E-state index contributed by atoms with van der Waals surface area (Å²) in [5.41, 5.74) is 0.0301. The Morgan fingerprint density at radius 3 is 2.58 bits per heavy atom. The van der Waals surface area contributed by atoms with Gasteiger partial charge in [-0.25, -0.2) is 14.4 Å². The van der Waals surface area contributed by atoms with Crippen molar-refractivity contribution in [2.45, 2.75) is 6.42 Å². The SMILES string of the molecule is OCCc1nc(Cl)nc(Cl)c1F. The Kier molecular flexibility index (Phi) is 3.20. The molecule has 1 heterocycles. The standard InChI is InChI=1S/C6H5Cl2FN2O/c7-5-4(9)3(1-2-12)10-6(8)11-5/h12H,1-2H2. The first-order valence-electron chi connectivity index (χ1n) is 3.13. The molecule has 0 unspecified atom stereocenters. The maximum Gasteiger partial charge on any atom is 0.224 e. The van der Waals surface area contributed by atoms with Gasteiger partial charge in [-0.2, -0.15) is 0 Å². The van der Waals surface area contributed by atoms with Gasteiger partial charge in [-0.3, -0.25) is 0 Å². The summed E-state index contributed by atoms with van der Waals surface area (Å²) in [5, 5.41) is 8.07. The zero-order chi connectivity index (χ0) is 9.14. The highest BCUT2D eigenvalue weighted by atomic mass is 35.5. The molecular formula is C6H5Cl2FN2O. The van der Waals surface area contributed by atoms with Gasteiger partial charge in [-0.1, -0.05) is 11.6 Å². The van der Waals surface area contributed by atoms with E-state index < -0.39 is 5.82 Å². The quantitative estimate of drug-likeness (QED) is 0.594. The number of aliphatic hydroxyl groups excluding tert-OH is 1. The largest absolute Gasteiger partial charge is 0.396 e. The van der Waals surface area contributed by atoms with E-state index in [4.69, 9.17) is 28.3 Å². The highest BCUT2D eigenvalue weighted by molar-refractivity contribution is 6.31. The molecule has 66 valence electrons. The van der Waals surface area contributed by atoms with Crippen molar-refractivity contribution >= 4 is 23.2 Å². The average Bonchev–Trinajstić information content (AvgIpc) is 2.00. The number of nitrogens with zero attached hydrogens (tertiary/aromatic N) is 2. The fourth-order valence-electron chi connectivity index (χ4n) is 0.706. The second kappa shape index (κ2) is 3.98. The third-order valence-electron chi connectivity index (χ3n) is 1.20. The van der Waals surface area contributed by atoms with Crippen molar-refractivity contribution in [1.82, 2.24) is 9.97 Å². The molecule has 1 aromatic heterocycles. The minimum atomic E-state index is -0.727. The summed E-state index contributed by atoms with van der Waals surface area (Å²) in [7, 11) is 0. The molecule has 0 amide bonds. The molecule has 0 aliphatic carbocycles. The van der Waals surface area contributed by atoms with Crippen molar-refractivity contribution in [3.05, 3.63) is 21.9 Å². The van der Waals surface area contributed by atoms with E-state index in [-0.39, 0.29) is 29.2 Å². The second-order valence-electron chi connectivity index (χ2n) is 2.02. The minimum Gasteiger partial charge on any atom is -0.396 e. The van der Waals surface area contributed by atoms with Gasteiger partial charge >= 0.3 is 0 Å². The van der Waals surface area contributed by atoms with E-state index in [1.54, 1.807) is 0 Å². The molecule has 0 aliphatic heterocycles. The Bertz CT molecular complexity index is 295. The highest BCUT2D eigenvalue weighted by Gasteiger charge is 2.10. The Morgan fingerprint density at radius 2 is 2.00 bits per heavy atom. The second-order valence-corrected chi connectivity index (χ2v) is 2.71. The lowest BCUT2D eigenvalue weighted by Crippen LogP contribution is -2.01. The maximum atomic E-state index is 12.9. The van der Waals surface area contributed by atoms with Gasteiger partial charge in [-0.05, 0) is 11.6 Å². The summed E-state index contributed by atoms with van der Waals surface area (Å²) < 4.78 is 12.9. The molecule has 1 N–H and O–H groups in total. The van der Waals surface area contributed by atoms with Crippen molar-refractivity contribution in [1.29, 1.82) is 0 Å². The van der Waals surface area contributed by atoms with Crippen LogP contribution in [0.15, 0.2) is 0 Å². The first kappa shape index (κ1) is 9.64. The lowest BCUT2D eigenvalue weighted by atomic mass is 10.3. The fraction of sp³-hybridized carbons (Fsp3) is 0.333. The van der Waals surface area contributed by atoms with Crippen molar-refractivity contribution in [3.8, 4) is 0 Å². The molecule has 0 saturated carbocycles. The summed E-state index contributed by atoms with van der Waals surface area (Å²) in [6, 6.07) is 0. The van der Waals surface area contributed by atoms with Gasteiger partial charge in [0.2, 0.25) is 5.28 Å². The summed E-state index contributed by atoms with van der Waals surface area (Å²) in [6.45, 7) is -0.208. The number of aromatic nitrogens is 2. The molecule has 0 bridgehead atoms. The van der Waals surface area contributed by atoms with Crippen LogP contribution in [0.2, 0.25) is 10.4 Å². The molecule has 0 radical (unpaired) electrons. The van der Waals surface area contributed by atoms with Gasteiger partial charge in [0, 0.05) is 13.0 Å². The number of hydrogen-bond donors (Lipinski definition) is 1. The summed E-state index contributed by atoms with van der Waals surface area (Å²) in [6.07, 6.45) is 0.0772. The van der Waals surface area contributed by atoms with Gasteiger partial charge in [0.15, 0.2) is 11.0 Å². The predicted molar refractivity (Wildman–Crippen MR) is 42.8 cm³/mol. The van der Waals surface area contributed by atoms with Crippen molar-refractivity contribution < 1.29 is 9.50 Å². The van der Waals surface area contributed by atoms with Crippen LogP contribution in [-0.2, 0) is 6.42 Å². The van der Waals surface area contributed by atoms with Crippen LogP contribution in [0.4, 0.5) is 4.39 Å². The normalized spacial score (nSPS) is 10.3. The van der Waals surface area contributed by atoms with Crippen molar-refractivity contribution in [2.75, 3.05) is 6.61 Å². The van der Waals surface area contributed by atoms with E-state index in [9.17, 15) is 4.39 Å². The third kappa shape index (κ3) is 2.03. The topological polar surface area (TPSA) is 46.0 Å². The fourth-order valence-corrected chi connectivity index (χ4v) is 1.13. The van der Waals surface area contributed by atoms with Crippen LogP contribution in [0, 0.1) is 5.82 Å². The molecule has 0 aromatic carbocycles. The number of halogens is 3. The van der Waals surface area contributed by atoms with Crippen LogP contribution >= 0.6 is 23.2 Å². The van der Waals surface area contributed by atoms with Crippen LogP contribution in [-0.4, -0.2) is 21.7 Å². The third-order valence-corrected chi connectivity index (χ3v) is 1.62. The van der Waals surface area contributed by atoms with Crippen LogP contribution in [0.3, 0.4) is 0 Å². The zero-order valence-electron chi connectivity index (χ0n) is 5.89. The highest BCUT2D eigenvalue weighted by Crippen LogP contribution is 2.16. The van der Waals surface area contributed by atoms with Crippen LogP contribution in [0.25, 0.3) is 0 Å². The lowest BCUT2D eigenvalue weighted by Gasteiger charge is -2.00.